The van der Waals surface area contributed by atoms with E-state index in [0.29, 0.717) is 37.8 Å². The Labute approximate surface area is 205 Å². The number of likely N-dealkylation sites (tertiary alicyclic amines) is 1. The summed E-state index contributed by atoms with van der Waals surface area (Å²) in [7, 11) is 0. The second-order valence-electron chi connectivity index (χ2n) is 10.2. The molecule has 3 heterocycles. The van der Waals surface area contributed by atoms with Crippen LogP contribution in [0.4, 0.5) is 0 Å². The van der Waals surface area contributed by atoms with Crippen molar-refractivity contribution in [1.82, 2.24) is 25.3 Å². The normalized spacial score (nSPS) is 21.9. The van der Waals surface area contributed by atoms with Crippen LogP contribution in [0.1, 0.15) is 95.6 Å². The zero-order chi connectivity index (χ0) is 23.5. The van der Waals surface area contributed by atoms with Gasteiger partial charge < -0.3 is 10.2 Å². The zero-order valence-electron chi connectivity index (χ0n) is 21.4. The van der Waals surface area contributed by atoms with Crippen LogP contribution < -0.4 is 5.32 Å². The molecule has 2 aliphatic rings. The van der Waals surface area contributed by atoms with E-state index in [0.717, 1.165) is 50.2 Å². The molecule has 2 N–H and O–H groups in total. The van der Waals surface area contributed by atoms with Crippen LogP contribution in [0, 0.1) is 19.8 Å². The van der Waals surface area contributed by atoms with Crippen LogP contribution >= 0.6 is 12.4 Å². The van der Waals surface area contributed by atoms with Gasteiger partial charge >= 0.3 is 0 Å². The van der Waals surface area contributed by atoms with Crippen LogP contribution in [0.25, 0.3) is 0 Å². The van der Waals surface area contributed by atoms with Gasteiger partial charge in [0.25, 0.3) is 0 Å². The Morgan fingerprint density at radius 2 is 1.79 bits per heavy atom. The van der Waals surface area contributed by atoms with Gasteiger partial charge in [0, 0.05) is 36.9 Å². The molecule has 1 unspecified atom stereocenters. The summed E-state index contributed by atoms with van der Waals surface area (Å²) in [6, 6.07) is -0.0803. The summed E-state index contributed by atoms with van der Waals surface area (Å²) < 4.78 is 0. The minimum absolute atomic E-state index is 0. The number of nitrogens with zero attached hydrogens (tertiary/aromatic N) is 3. The Bertz CT molecular complexity index is 781. The van der Waals surface area contributed by atoms with Crippen LogP contribution in [-0.4, -0.2) is 63.0 Å². The first-order valence-electron chi connectivity index (χ1n) is 12.6. The Balaban J connectivity index is 0.00000385. The Kier molecular flexibility index (Phi) is 9.80. The van der Waals surface area contributed by atoms with Gasteiger partial charge in [-0.3, -0.25) is 19.6 Å². The molecular formula is C25H44ClN5O2. The van der Waals surface area contributed by atoms with E-state index in [9.17, 15) is 9.59 Å². The van der Waals surface area contributed by atoms with Gasteiger partial charge in [-0.2, -0.15) is 5.10 Å². The quantitative estimate of drug-likeness (QED) is 0.551. The van der Waals surface area contributed by atoms with E-state index < -0.39 is 5.54 Å². The maximum atomic E-state index is 13.5. The zero-order valence-corrected chi connectivity index (χ0v) is 22.2. The fourth-order valence-corrected chi connectivity index (χ4v) is 5.68. The van der Waals surface area contributed by atoms with Gasteiger partial charge in [-0.25, -0.2) is 0 Å². The summed E-state index contributed by atoms with van der Waals surface area (Å²) in [6.45, 7) is 15.0. The van der Waals surface area contributed by atoms with E-state index in [4.69, 9.17) is 0 Å². The third-order valence-electron chi connectivity index (χ3n) is 7.40. The number of unbranched alkanes of at least 4 members (excludes halogenated alkanes) is 1. The number of aromatic nitrogens is 2. The third-order valence-corrected chi connectivity index (χ3v) is 7.40. The van der Waals surface area contributed by atoms with Gasteiger partial charge in [-0.05, 0) is 51.9 Å². The van der Waals surface area contributed by atoms with Crippen LogP contribution in [0.2, 0.25) is 0 Å². The van der Waals surface area contributed by atoms with Crippen LogP contribution in [0.5, 0.6) is 0 Å². The lowest BCUT2D eigenvalue weighted by Gasteiger charge is -2.52. The highest BCUT2D eigenvalue weighted by molar-refractivity contribution is 6.00. The Morgan fingerprint density at radius 3 is 2.30 bits per heavy atom. The summed E-state index contributed by atoms with van der Waals surface area (Å²) in [5.41, 5.74) is 2.79. The molecule has 1 aromatic heterocycles. The van der Waals surface area contributed by atoms with Crippen molar-refractivity contribution in [2.75, 3.05) is 19.6 Å². The molecule has 0 bridgehead atoms. The monoisotopic (exact) mass is 481 g/mol. The Hall–Kier alpha value is -1.60. The summed E-state index contributed by atoms with van der Waals surface area (Å²) >= 11 is 0. The average Bonchev–Trinajstić information content (AvgIpc) is 3.08. The molecular weight excluding hydrogens is 438 g/mol. The van der Waals surface area contributed by atoms with E-state index in [1.807, 2.05) is 4.90 Å². The second kappa shape index (κ2) is 11.7. The molecule has 7 nitrogen and oxygen atoms in total. The summed E-state index contributed by atoms with van der Waals surface area (Å²) in [5, 5.41) is 10.7. The first kappa shape index (κ1) is 27.6. The van der Waals surface area contributed by atoms with E-state index in [1.165, 1.54) is 5.56 Å². The van der Waals surface area contributed by atoms with Crippen molar-refractivity contribution in [3.63, 3.8) is 0 Å². The van der Waals surface area contributed by atoms with Crippen molar-refractivity contribution < 1.29 is 9.59 Å². The van der Waals surface area contributed by atoms with Gasteiger partial charge in [0.2, 0.25) is 11.8 Å². The number of H-pyrrole nitrogens is 1. The molecule has 188 valence electrons. The number of carbonyl (C=O) groups is 2. The second-order valence-corrected chi connectivity index (χ2v) is 10.2. The van der Waals surface area contributed by atoms with Crippen molar-refractivity contribution in [3.05, 3.63) is 17.0 Å². The van der Waals surface area contributed by atoms with Gasteiger partial charge in [0.1, 0.15) is 11.6 Å². The molecule has 2 saturated heterocycles. The SMILES string of the molecule is CCCCN1C(=O)[C@H](CC(C)C)NC(=O)C12CCN(C(CCC)c1c(C)n[nH]c1C)CC2.Cl. The maximum Gasteiger partial charge on any atom is 0.246 e. The first-order chi connectivity index (χ1) is 15.2. The van der Waals surface area contributed by atoms with Gasteiger partial charge in [0.15, 0.2) is 0 Å². The average molecular weight is 482 g/mol. The molecule has 1 aromatic rings. The molecule has 0 saturated carbocycles. The van der Waals surface area contributed by atoms with E-state index in [-0.39, 0.29) is 30.3 Å². The molecule has 0 aromatic carbocycles. The summed E-state index contributed by atoms with van der Waals surface area (Å²) in [5.74, 6) is 0.539. The van der Waals surface area contributed by atoms with E-state index in [2.05, 4.69) is 62.0 Å². The highest BCUT2D eigenvalue weighted by atomic mass is 35.5. The molecule has 1 spiro atoms. The van der Waals surface area contributed by atoms with Crippen LogP contribution in [0.15, 0.2) is 0 Å². The number of hydrogen-bond acceptors (Lipinski definition) is 4. The topological polar surface area (TPSA) is 81.3 Å². The largest absolute Gasteiger partial charge is 0.342 e. The van der Waals surface area contributed by atoms with Crippen molar-refractivity contribution in [1.29, 1.82) is 0 Å². The van der Waals surface area contributed by atoms with E-state index in [1.54, 1.807) is 0 Å². The van der Waals surface area contributed by atoms with Crippen molar-refractivity contribution in [2.45, 2.75) is 104 Å². The number of carbonyl (C=O) groups excluding carboxylic acids is 2. The molecule has 8 heteroatoms. The van der Waals surface area contributed by atoms with E-state index >= 15 is 0 Å². The predicted octanol–water partition coefficient (Wildman–Crippen LogP) is 4.30. The molecule has 2 fully saturated rings. The summed E-state index contributed by atoms with van der Waals surface area (Å²) in [6.07, 6.45) is 6.19. The number of hydrogen-bond donors (Lipinski definition) is 2. The highest BCUT2D eigenvalue weighted by Crippen LogP contribution is 2.38. The molecule has 2 amide bonds. The fraction of sp³-hybridized carbons (Fsp3) is 0.800. The van der Waals surface area contributed by atoms with Gasteiger partial charge in [-0.1, -0.05) is 40.5 Å². The lowest BCUT2D eigenvalue weighted by atomic mass is 9.80. The number of amides is 2. The minimum atomic E-state index is -0.701. The number of piperazine rings is 1. The van der Waals surface area contributed by atoms with Gasteiger partial charge in [-0.15, -0.1) is 12.4 Å². The maximum absolute atomic E-state index is 13.5. The number of nitrogens with one attached hydrogen (secondary N) is 2. The number of piperidine rings is 1. The van der Waals surface area contributed by atoms with Gasteiger partial charge in [0.05, 0.1) is 5.69 Å². The van der Waals surface area contributed by atoms with Crippen LogP contribution in [-0.2, 0) is 9.59 Å². The predicted molar refractivity (Wildman–Crippen MR) is 135 cm³/mol. The first-order valence-corrected chi connectivity index (χ1v) is 12.6. The molecule has 2 atom stereocenters. The van der Waals surface area contributed by atoms with Crippen LogP contribution in [0.3, 0.4) is 0 Å². The Morgan fingerprint density at radius 1 is 1.12 bits per heavy atom. The van der Waals surface area contributed by atoms with Crippen molar-refractivity contribution in [2.24, 2.45) is 5.92 Å². The lowest BCUT2D eigenvalue weighted by Crippen LogP contribution is -2.73. The molecule has 3 rings (SSSR count). The fourth-order valence-electron chi connectivity index (χ4n) is 5.68. The lowest BCUT2D eigenvalue weighted by molar-refractivity contribution is -0.162. The number of aromatic amines is 1. The number of halogens is 1. The summed E-state index contributed by atoms with van der Waals surface area (Å²) in [4.78, 5) is 31.4. The standard InChI is InChI=1S/C25H43N5O2.ClH/c1-7-9-13-30-23(31)20(16-17(3)4)26-24(32)25(30)11-14-29(15-12-25)21(10-8-2)22-18(5)27-28-19(22)6;/h17,20-21H,7-16H2,1-6H3,(H,26,32)(H,27,28);1H/t20-,21?;/m0./s1. The van der Waals surface area contributed by atoms with Crippen molar-refractivity contribution in [3.8, 4) is 0 Å². The smallest absolute Gasteiger partial charge is 0.246 e. The number of rotatable bonds is 9. The minimum Gasteiger partial charge on any atom is -0.342 e. The van der Waals surface area contributed by atoms with Crippen molar-refractivity contribution >= 4 is 24.2 Å². The molecule has 33 heavy (non-hydrogen) atoms. The highest BCUT2D eigenvalue weighted by Gasteiger charge is 2.53. The third kappa shape index (κ3) is 5.56. The molecule has 2 aliphatic heterocycles. The number of aryl methyl sites for hydroxylation is 2. The molecule has 0 aliphatic carbocycles. The molecule has 0 radical (unpaired) electrons.